The van der Waals surface area contributed by atoms with Gasteiger partial charge in [0.05, 0.1) is 6.54 Å². The van der Waals surface area contributed by atoms with Crippen molar-refractivity contribution in [3.05, 3.63) is 0 Å². The third-order valence-corrected chi connectivity index (χ3v) is 1.90. The molecular weight excluding hydrogens is 246 g/mol. The first-order chi connectivity index (χ1) is 8.36. The van der Waals surface area contributed by atoms with E-state index in [0.717, 1.165) is 0 Å². The van der Waals surface area contributed by atoms with Gasteiger partial charge in [0.15, 0.2) is 0 Å². The smallest absolute Gasteiger partial charge is 0.322 e. The first-order valence-corrected chi connectivity index (χ1v) is 5.07. The third kappa shape index (κ3) is 7.17. The molecule has 6 N–H and O–H groups in total. The number of carbonyl (C=O) groups is 4. The Balaban J connectivity index is 4.42. The Hall–Kier alpha value is -2.16. The third-order valence-electron chi connectivity index (χ3n) is 1.90. The van der Waals surface area contributed by atoms with Gasteiger partial charge in [-0.25, -0.2) is 0 Å². The molecule has 0 heterocycles. The molecule has 0 fully saturated rings. The minimum absolute atomic E-state index is 0.146. The van der Waals surface area contributed by atoms with E-state index >= 15 is 0 Å². The van der Waals surface area contributed by atoms with Gasteiger partial charge in [0.25, 0.3) is 0 Å². The summed E-state index contributed by atoms with van der Waals surface area (Å²) in [6, 6.07) is -1.11. The molecule has 0 rings (SSSR count). The number of carbonyl (C=O) groups excluding carboxylic acids is 2. The van der Waals surface area contributed by atoms with Crippen LogP contribution < -0.4 is 16.4 Å². The van der Waals surface area contributed by atoms with Crippen LogP contribution in [0.3, 0.4) is 0 Å². The van der Waals surface area contributed by atoms with Gasteiger partial charge in [-0.2, -0.15) is 0 Å². The summed E-state index contributed by atoms with van der Waals surface area (Å²) < 4.78 is 0. The van der Waals surface area contributed by atoms with Crippen LogP contribution in [-0.2, 0) is 19.2 Å². The summed E-state index contributed by atoms with van der Waals surface area (Å²) in [5, 5.41) is 21.1. The normalized spacial score (nSPS) is 11.4. The molecule has 0 radical (unpaired) electrons. The molecule has 0 aromatic heterocycles. The molecule has 9 nitrogen and oxygen atoms in total. The fourth-order valence-electron chi connectivity index (χ4n) is 1.08. The Morgan fingerprint density at radius 1 is 1.11 bits per heavy atom. The Kier molecular flexibility index (Phi) is 7.05. The molecule has 2 amide bonds. The van der Waals surface area contributed by atoms with Crippen LogP contribution in [0.15, 0.2) is 0 Å². The highest BCUT2D eigenvalue weighted by Gasteiger charge is 2.21. The highest BCUT2D eigenvalue weighted by molar-refractivity contribution is 5.90. The molecule has 102 valence electrons. The fraction of sp³-hybridized carbons (Fsp3) is 0.556. The van der Waals surface area contributed by atoms with Crippen molar-refractivity contribution in [2.75, 3.05) is 13.1 Å². The topological polar surface area (TPSA) is 159 Å². The van der Waals surface area contributed by atoms with E-state index in [1.807, 2.05) is 5.32 Å². The maximum absolute atomic E-state index is 11.5. The number of nitrogens with one attached hydrogen (secondary N) is 2. The van der Waals surface area contributed by atoms with Crippen molar-refractivity contribution in [3.63, 3.8) is 0 Å². The molecule has 0 saturated carbocycles. The standard InChI is InChI=1S/C9H15N3O6/c10-3-6(13)12-5(1-2-7(14)15)9(18)11-4-8(16)17/h5H,1-4,10H2,(H,11,18)(H,12,13)(H,14,15)(H,16,17). The van der Waals surface area contributed by atoms with E-state index in [2.05, 4.69) is 5.32 Å². The summed E-state index contributed by atoms with van der Waals surface area (Å²) >= 11 is 0. The van der Waals surface area contributed by atoms with Crippen molar-refractivity contribution in [2.45, 2.75) is 18.9 Å². The van der Waals surface area contributed by atoms with Gasteiger partial charge in [0.1, 0.15) is 12.6 Å². The summed E-state index contributed by atoms with van der Waals surface area (Å²) in [5.41, 5.74) is 5.04. The van der Waals surface area contributed by atoms with Gasteiger partial charge in [-0.05, 0) is 6.42 Å². The highest BCUT2D eigenvalue weighted by atomic mass is 16.4. The van der Waals surface area contributed by atoms with Crippen LogP contribution in [0.2, 0.25) is 0 Å². The molecule has 9 heteroatoms. The average molecular weight is 261 g/mol. The van der Waals surface area contributed by atoms with Crippen molar-refractivity contribution in [2.24, 2.45) is 5.73 Å². The maximum atomic E-state index is 11.5. The zero-order chi connectivity index (χ0) is 14.1. The van der Waals surface area contributed by atoms with Crippen LogP contribution in [0.25, 0.3) is 0 Å². The van der Waals surface area contributed by atoms with E-state index in [4.69, 9.17) is 15.9 Å². The van der Waals surface area contributed by atoms with E-state index in [1.54, 1.807) is 0 Å². The molecule has 0 aliphatic carbocycles. The number of rotatable bonds is 8. The Labute approximate surface area is 102 Å². The number of aliphatic carboxylic acids is 2. The van der Waals surface area contributed by atoms with Crippen molar-refractivity contribution >= 4 is 23.8 Å². The molecule has 0 saturated heterocycles. The molecular formula is C9H15N3O6. The first kappa shape index (κ1) is 15.8. The Morgan fingerprint density at radius 2 is 1.72 bits per heavy atom. The van der Waals surface area contributed by atoms with Gasteiger partial charge in [0.2, 0.25) is 11.8 Å². The lowest BCUT2D eigenvalue weighted by Gasteiger charge is -2.16. The summed E-state index contributed by atoms with van der Waals surface area (Å²) in [6.45, 7) is -0.962. The van der Waals surface area contributed by atoms with Crippen molar-refractivity contribution < 1.29 is 29.4 Å². The lowest BCUT2D eigenvalue weighted by Crippen LogP contribution is -2.49. The quantitative estimate of drug-likeness (QED) is 0.323. The second-order valence-electron chi connectivity index (χ2n) is 3.37. The summed E-state index contributed by atoms with van der Waals surface area (Å²) in [7, 11) is 0. The molecule has 1 unspecified atom stereocenters. The number of hydrogen-bond donors (Lipinski definition) is 5. The number of amides is 2. The predicted molar refractivity (Wildman–Crippen MR) is 58.5 cm³/mol. The van der Waals surface area contributed by atoms with Crippen molar-refractivity contribution in [3.8, 4) is 0 Å². The second kappa shape index (κ2) is 8.01. The van der Waals surface area contributed by atoms with Crippen LogP contribution in [0.4, 0.5) is 0 Å². The van der Waals surface area contributed by atoms with Crippen LogP contribution in [0.5, 0.6) is 0 Å². The van der Waals surface area contributed by atoms with Gasteiger partial charge in [-0.15, -0.1) is 0 Å². The van der Waals surface area contributed by atoms with Crippen LogP contribution in [-0.4, -0.2) is 53.1 Å². The minimum Gasteiger partial charge on any atom is -0.481 e. The van der Waals surface area contributed by atoms with Gasteiger partial charge in [-0.3, -0.25) is 19.2 Å². The average Bonchev–Trinajstić information content (AvgIpc) is 2.30. The molecule has 0 aliphatic heterocycles. The summed E-state index contributed by atoms with van der Waals surface area (Å²) in [6.07, 6.45) is -0.484. The van der Waals surface area contributed by atoms with Gasteiger partial charge < -0.3 is 26.6 Å². The summed E-state index contributed by atoms with van der Waals surface area (Å²) in [4.78, 5) is 43.2. The lowest BCUT2D eigenvalue weighted by atomic mass is 10.1. The zero-order valence-electron chi connectivity index (χ0n) is 9.51. The van der Waals surface area contributed by atoms with E-state index in [-0.39, 0.29) is 19.4 Å². The molecule has 0 bridgehead atoms. The largest absolute Gasteiger partial charge is 0.481 e. The van der Waals surface area contributed by atoms with Crippen LogP contribution in [0.1, 0.15) is 12.8 Å². The number of carboxylic acids is 2. The van der Waals surface area contributed by atoms with Crippen molar-refractivity contribution in [1.29, 1.82) is 0 Å². The van der Waals surface area contributed by atoms with E-state index in [9.17, 15) is 19.2 Å². The molecule has 1 atom stereocenters. The molecule has 0 aromatic rings. The maximum Gasteiger partial charge on any atom is 0.322 e. The van der Waals surface area contributed by atoms with E-state index in [1.165, 1.54) is 0 Å². The molecule has 0 spiro atoms. The molecule has 0 aromatic carbocycles. The summed E-state index contributed by atoms with van der Waals surface area (Å²) in [5.74, 6) is -3.77. The Bertz CT molecular complexity index is 343. The zero-order valence-corrected chi connectivity index (χ0v) is 9.51. The molecule has 0 aliphatic rings. The SMILES string of the molecule is NCC(=O)NC(CCC(=O)O)C(=O)NCC(=O)O. The number of carboxylic acid groups (broad SMARTS) is 2. The number of hydrogen-bond acceptors (Lipinski definition) is 5. The predicted octanol–water partition coefficient (Wildman–Crippen LogP) is -2.50. The first-order valence-electron chi connectivity index (χ1n) is 5.07. The van der Waals surface area contributed by atoms with Gasteiger partial charge in [0, 0.05) is 6.42 Å². The second-order valence-corrected chi connectivity index (χ2v) is 3.37. The fourth-order valence-corrected chi connectivity index (χ4v) is 1.08. The number of nitrogens with two attached hydrogens (primary N) is 1. The highest BCUT2D eigenvalue weighted by Crippen LogP contribution is 1.98. The van der Waals surface area contributed by atoms with Crippen LogP contribution in [0, 0.1) is 0 Å². The lowest BCUT2D eigenvalue weighted by molar-refractivity contribution is -0.140. The monoisotopic (exact) mass is 261 g/mol. The van der Waals surface area contributed by atoms with Gasteiger partial charge >= 0.3 is 11.9 Å². The van der Waals surface area contributed by atoms with E-state index in [0.29, 0.717) is 0 Å². The van der Waals surface area contributed by atoms with Gasteiger partial charge in [-0.1, -0.05) is 0 Å². The van der Waals surface area contributed by atoms with E-state index < -0.39 is 36.3 Å². The Morgan fingerprint density at radius 3 is 2.17 bits per heavy atom. The molecule has 18 heavy (non-hydrogen) atoms. The minimum atomic E-state index is -1.24. The van der Waals surface area contributed by atoms with Crippen molar-refractivity contribution in [1.82, 2.24) is 10.6 Å². The van der Waals surface area contributed by atoms with Crippen LogP contribution >= 0.6 is 0 Å².